The van der Waals surface area contributed by atoms with Gasteiger partial charge in [0.1, 0.15) is 12.2 Å². The van der Waals surface area contributed by atoms with E-state index in [1.165, 1.54) is 33.3 Å². The second-order valence-electron chi connectivity index (χ2n) is 16.9. The predicted molar refractivity (Wildman–Crippen MR) is 199 cm³/mol. The Bertz CT molecular complexity index is 1510. The van der Waals surface area contributed by atoms with Gasteiger partial charge in [0.15, 0.2) is 11.6 Å². The molecule has 0 aromatic carbocycles. The number of fused-ring (bicyclic) bond motifs is 6. The molecule has 0 aromatic heterocycles. The van der Waals surface area contributed by atoms with Gasteiger partial charge in [0, 0.05) is 56.1 Å². The maximum Gasteiger partial charge on any atom is 0.330 e. The summed E-state index contributed by atoms with van der Waals surface area (Å²) in [6.07, 6.45) is -0.748. The monoisotopic (exact) mass is 794 g/mol. The Morgan fingerprint density at radius 2 is 1.52 bits per heavy atom. The topological polar surface area (TPSA) is 214 Å². The van der Waals surface area contributed by atoms with Crippen molar-refractivity contribution < 1.29 is 72.8 Å². The highest BCUT2D eigenvalue weighted by Crippen LogP contribution is 2.50. The number of hydrogen-bond acceptors (Lipinski definition) is 15. The van der Waals surface area contributed by atoms with Gasteiger partial charge < -0.3 is 53.6 Å². The van der Waals surface area contributed by atoms with Crippen molar-refractivity contribution in [3.05, 3.63) is 35.5 Å². The molecule has 15 heteroatoms. The highest BCUT2D eigenvalue weighted by Gasteiger charge is 2.58. The Morgan fingerprint density at radius 1 is 0.893 bits per heavy atom. The minimum absolute atomic E-state index is 0.0616. The van der Waals surface area contributed by atoms with Crippen LogP contribution in [-0.2, 0) is 52.3 Å². The zero-order valence-electron chi connectivity index (χ0n) is 34.0. The van der Waals surface area contributed by atoms with Crippen LogP contribution in [-0.4, -0.2) is 119 Å². The third-order valence-corrected chi connectivity index (χ3v) is 11.6. The van der Waals surface area contributed by atoms with E-state index >= 15 is 0 Å². The van der Waals surface area contributed by atoms with Crippen LogP contribution in [0, 0.1) is 10.8 Å². The van der Waals surface area contributed by atoms with Gasteiger partial charge in [0.05, 0.1) is 62.7 Å². The molecule has 4 N–H and O–H groups in total. The lowest BCUT2D eigenvalue weighted by molar-refractivity contribution is -0.348. The molecule has 56 heavy (non-hydrogen) atoms. The van der Waals surface area contributed by atoms with Crippen LogP contribution in [0.2, 0.25) is 0 Å². The van der Waals surface area contributed by atoms with Crippen LogP contribution < -0.4 is 0 Å². The van der Waals surface area contributed by atoms with Crippen LogP contribution >= 0.6 is 0 Å². The summed E-state index contributed by atoms with van der Waals surface area (Å²) in [5.74, 6) is -6.35. The van der Waals surface area contributed by atoms with Crippen molar-refractivity contribution in [3.63, 3.8) is 0 Å². The van der Waals surface area contributed by atoms with Gasteiger partial charge in [-0.05, 0) is 32.6 Å². The van der Waals surface area contributed by atoms with Crippen molar-refractivity contribution in [1.82, 2.24) is 0 Å². The quantitative estimate of drug-likeness (QED) is 0.131. The first-order valence-corrected chi connectivity index (χ1v) is 19.6. The van der Waals surface area contributed by atoms with Crippen molar-refractivity contribution >= 4 is 23.9 Å². The Labute approximate surface area is 329 Å². The molecule has 0 radical (unpaired) electrons. The lowest BCUT2D eigenvalue weighted by atomic mass is 9.70. The smallest absolute Gasteiger partial charge is 0.330 e. The van der Waals surface area contributed by atoms with Crippen LogP contribution in [0.3, 0.4) is 0 Å². The van der Waals surface area contributed by atoms with E-state index in [1.54, 1.807) is 39.8 Å². The fourth-order valence-corrected chi connectivity index (χ4v) is 7.95. The molecule has 0 unspecified atom stereocenters. The molecule has 0 aliphatic carbocycles. The number of esters is 4. The van der Waals surface area contributed by atoms with Gasteiger partial charge >= 0.3 is 23.9 Å². The molecule has 4 heterocycles. The number of carbonyl (C=O) groups is 4. The summed E-state index contributed by atoms with van der Waals surface area (Å²) >= 11 is 0. The molecule has 0 saturated carbocycles. The molecular weight excluding hydrogens is 732 g/mol. The van der Waals surface area contributed by atoms with Gasteiger partial charge in [-0.25, -0.2) is 9.59 Å². The maximum absolute atomic E-state index is 13.3. The second kappa shape index (κ2) is 18.6. The number of rotatable bonds is 6. The fraction of sp³-hybridized carbons (Fsp3) is 0.756. The lowest BCUT2D eigenvalue weighted by Gasteiger charge is -2.53. The van der Waals surface area contributed by atoms with Gasteiger partial charge in [0.25, 0.3) is 0 Å². The van der Waals surface area contributed by atoms with Gasteiger partial charge in [-0.2, -0.15) is 0 Å². The minimum Gasteiger partial charge on any atom is -0.466 e. The largest absolute Gasteiger partial charge is 0.466 e. The molecule has 4 aliphatic rings. The van der Waals surface area contributed by atoms with Crippen molar-refractivity contribution in [2.24, 2.45) is 10.8 Å². The van der Waals surface area contributed by atoms with Crippen molar-refractivity contribution in [2.45, 2.75) is 173 Å². The summed E-state index contributed by atoms with van der Waals surface area (Å²) in [7, 11) is 2.51. The normalized spacial score (nSPS) is 37.1. The zero-order chi connectivity index (χ0) is 41.6. The summed E-state index contributed by atoms with van der Waals surface area (Å²) in [5.41, 5.74) is -1.15. The summed E-state index contributed by atoms with van der Waals surface area (Å²) in [6.45, 7) is 10.2. The third kappa shape index (κ3) is 11.3. The zero-order valence-corrected chi connectivity index (χ0v) is 34.0. The van der Waals surface area contributed by atoms with Gasteiger partial charge in [-0.1, -0.05) is 57.9 Å². The van der Waals surface area contributed by atoms with E-state index < -0.39 is 102 Å². The summed E-state index contributed by atoms with van der Waals surface area (Å²) < 4.78 is 40.7. The molecule has 0 spiro atoms. The maximum atomic E-state index is 13.3. The van der Waals surface area contributed by atoms with Crippen molar-refractivity contribution in [3.8, 4) is 0 Å². The number of carbonyl (C=O) groups excluding carboxylic acids is 4. The summed E-state index contributed by atoms with van der Waals surface area (Å²) in [6, 6.07) is 0. The standard InChI is InChI=1S/C41H62O15/c1-9-10-34(44)54-33-21-30-18-27(43)19-37(47)53-32(24(2)42)20-29-15-26(17-36(46)51-8)22-40(48,55-29)38(3,4)12-11-28-13-25(16-35(45)50-7)14-31(52-28)23-41(49,56-30)39(33,5)6/h11-12,16-17,24,27-33,42-43,48-49H,9-10,13-15,18-23H2,1-8H3/t24-,27-,28+,29+,30-,31+,32-,33+,40-,41+/m1/s1. The Kier molecular flexibility index (Phi) is 15.1. The number of cyclic esters (lactones) is 1. The van der Waals surface area contributed by atoms with Crippen LogP contribution in [0.1, 0.15) is 112 Å². The predicted octanol–water partition coefficient (Wildman–Crippen LogP) is 3.63. The van der Waals surface area contributed by atoms with E-state index in [1.807, 2.05) is 6.92 Å². The average molecular weight is 795 g/mol. The number of aliphatic hydroxyl groups excluding tert-OH is 2. The highest BCUT2D eigenvalue weighted by atomic mass is 16.6. The van der Waals surface area contributed by atoms with Crippen LogP contribution in [0.15, 0.2) is 35.5 Å². The molecule has 3 saturated heterocycles. The second-order valence-corrected chi connectivity index (χ2v) is 16.9. The van der Waals surface area contributed by atoms with E-state index in [-0.39, 0.29) is 57.8 Å². The molecule has 0 aromatic rings. The first-order valence-electron chi connectivity index (χ1n) is 19.6. The van der Waals surface area contributed by atoms with Crippen molar-refractivity contribution in [1.29, 1.82) is 0 Å². The Balaban J connectivity index is 1.80. The highest BCUT2D eigenvalue weighted by molar-refractivity contribution is 5.83. The lowest BCUT2D eigenvalue weighted by Crippen LogP contribution is -2.62. The average Bonchev–Trinajstić information content (AvgIpc) is 3.08. The van der Waals surface area contributed by atoms with Crippen LogP contribution in [0.4, 0.5) is 0 Å². The van der Waals surface area contributed by atoms with Crippen LogP contribution in [0.25, 0.3) is 0 Å². The molecular formula is C41H62O15. The molecule has 0 amide bonds. The molecule has 6 bridgehead atoms. The first kappa shape index (κ1) is 45.5. The summed E-state index contributed by atoms with van der Waals surface area (Å²) in [4.78, 5) is 50.9. The molecule has 3 fully saturated rings. The van der Waals surface area contributed by atoms with Gasteiger partial charge in [-0.3, -0.25) is 9.59 Å². The third-order valence-electron chi connectivity index (χ3n) is 11.6. The number of methoxy groups -OCH3 is 2. The number of aliphatic hydroxyl groups is 4. The number of hydrogen-bond donors (Lipinski definition) is 4. The van der Waals surface area contributed by atoms with Crippen molar-refractivity contribution in [2.75, 3.05) is 14.2 Å². The van der Waals surface area contributed by atoms with E-state index in [9.17, 15) is 39.6 Å². The minimum atomic E-state index is -1.99. The van der Waals surface area contributed by atoms with Gasteiger partial charge in [0.2, 0.25) is 0 Å². The van der Waals surface area contributed by atoms with E-state index in [0.29, 0.717) is 17.6 Å². The van der Waals surface area contributed by atoms with E-state index in [2.05, 4.69) is 0 Å². The van der Waals surface area contributed by atoms with E-state index in [0.717, 1.165) is 0 Å². The Morgan fingerprint density at radius 3 is 2.14 bits per heavy atom. The summed E-state index contributed by atoms with van der Waals surface area (Å²) in [5, 5.41) is 46.6. The van der Waals surface area contributed by atoms with Gasteiger partial charge in [-0.15, -0.1) is 0 Å². The fourth-order valence-electron chi connectivity index (χ4n) is 7.95. The van der Waals surface area contributed by atoms with Crippen LogP contribution in [0.5, 0.6) is 0 Å². The first-order chi connectivity index (χ1) is 26.1. The number of ether oxygens (including phenoxy) is 7. The Hall–Kier alpha value is -3.18. The molecule has 4 aliphatic heterocycles. The molecule has 4 rings (SSSR count). The SMILES string of the molecule is CCCC(=O)O[C@H]1C[C@H]2C[C@@H](O)CC(=O)O[C@@H]([C@@H](C)O)C[C@@H]3CC(=CC(=O)OC)C[C@@](O)(O3)C(C)(C)C=C[C@H]3CC(=CC(=O)OC)C[C@@H](C[C@](O)(O2)C1(C)C)O3. The molecule has 15 nitrogen and oxygen atoms in total. The molecule has 316 valence electrons. The molecule has 10 atom stereocenters. The van der Waals surface area contributed by atoms with E-state index in [4.69, 9.17) is 33.2 Å².